The third kappa shape index (κ3) is 4.60. The van der Waals surface area contributed by atoms with Crippen molar-refractivity contribution in [3.63, 3.8) is 0 Å². The fourth-order valence-corrected chi connectivity index (χ4v) is 4.86. The van der Waals surface area contributed by atoms with Gasteiger partial charge >= 0.3 is 0 Å². The van der Waals surface area contributed by atoms with Gasteiger partial charge in [0.1, 0.15) is 5.82 Å². The maximum Gasteiger partial charge on any atom is 0.229 e. The molecule has 0 N–H and O–H groups in total. The molecule has 1 saturated heterocycles. The second kappa shape index (κ2) is 9.37. The predicted octanol–water partition coefficient (Wildman–Crippen LogP) is 3.32. The number of nitrogens with zero attached hydrogens (tertiary/aromatic N) is 4. The molecule has 2 aliphatic rings. The molecule has 0 unspecified atom stereocenters. The van der Waals surface area contributed by atoms with Crippen molar-refractivity contribution in [3.8, 4) is 0 Å². The van der Waals surface area contributed by atoms with E-state index in [0.29, 0.717) is 25.6 Å². The predicted molar refractivity (Wildman–Crippen MR) is 125 cm³/mol. The Kier molecular flexibility index (Phi) is 6.58. The van der Waals surface area contributed by atoms with E-state index in [0.717, 1.165) is 50.2 Å². The van der Waals surface area contributed by atoms with E-state index in [9.17, 15) is 4.79 Å². The number of anilines is 1. The van der Waals surface area contributed by atoms with Crippen molar-refractivity contribution in [3.05, 3.63) is 48.0 Å². The fourth-order valence-electron chi connectivity index (χ4n) is 4.86. The fraction of sp³-hybridized carbons (Fsp3) is 0.520. The molecule has 1 aromatic heterocycles. The van der Waals surface area contributed by atoms with Crippen molar-refractivity contribution in [2.45, 2.75) is 25.8 Å². The summed E-state index contributed by atoms with van der Waals surface area (Å²) in [5.74, 6) is 1.33. The van der Waals surface area contributed by atoms with E-state index in [1.54, 1.807) is 7.11 Å². The van der Waals surface area contributed by atoms with Crippen LogP contribution in [0.3, 0.4) is 0 Å². The Labute approximate surface area is 185 Å². The maximum atomic E-state index is 13.4. The number of ether oxygens (including phenoxy) is 1. The number of fused-ring (bicyclic) bond motifs is 1. The zero-order chi connectivity index (χ0) is 21.8. The highest BCUT2D eigenvalue weighted by atomic mass is 16.5. The number of para-hydroxylation sites is 1. The molecule has 0 aliphatic carbocycles. The molecule has 166 valence electrons. The molecular weight excluding hydrogens is 388 g/mol. The van der Waals surface area contributed by atoms with Crippen LogP contribution in [0.5, 0.6) is 0 Å². The van der Waals surface area contributed by atoms with Gasteiger partial charge in [-0.15, -0.1) is 0 Å². The minimum absolute atomic E-state index is 0.261. The first-order valence-corrected chi connectivity index (χ1v) is 11.2. The number of methoxy groups -OCH3 is 1. The largest absolute Gasteiger partial charge is 0.383 e. The van der Waals surface area contributed by atoms with Gasteiger partial charge in [0.05, 0.1) is 17.5 Å². The molecule has 31 heavy (non-hydrogen) atoms. The number of likely N-dealkylation sites (tertiary alicyclic amines) is 1. The summed E-state index contributed by atoms with van der Waals surface area (Å²) in [5, 5.41) is 1.18. The van der Waals surface area contributed by atoms with Gasteiger partial charge in [-0.3, -0.25) is 9.69 Å². The lowest BCUT2D eigenvalue weighted by atomic mass is 9.74. The first-order valence-electron chi connectivity index (χ1n) is 11.2. The van der Waals surface area contributed by atoms with E-state index in [-0.39, 0.29) is 5.41 Å². The Bertz CT molecular complexity index is 948. The number of allylic oxidation sites excluding steroid dienone is 1. The number of rotatable bonds is 6. The van der Waals surface area contributed by atoms with Crippen LogP contribution in [0.4, 0.5) is 5.82 Å². The number of carbonyl (C=O) groups excluding carboxylic acids is 1. The summed E-state index contributed by atoms with van der Waals surface area (Å²) in [5.41, 5.74) is 2.01. The maximum absolute atomic E-state index is 13.4. The van der Waals surface area contributed by atoms with Crippen molar-refractivity contribution < 1.29 is 9.53 Å². The monoisotopic (exact) mass is 422 g/mol. The number of hydrogen-bond donors (Lipinski definition) is 0. The number of carbonyl (C=O) groups is 1. The molecular formula is C25H34N4O2. The topological polar surface area (TPSA) is 48.9 Å². The van der Waals surface area contributed by atoms with E-state index in [4.69, 9.17) is 9.72 Å². The van der Waals surface area contributed by atoms with Crippen LogP contribution < -0.4 is 4.90 Å². The van der Waals surface area contributed by atoms with Gasteiger partial charge in [-0.1, -0.05) is 30.4 Å². The highest BCUT2D eigenvalue weighted by Crippen LogP contribution is 2.39. The minimum Gasteiger partial charge on any atom is -0.383 e. The molecule has 6 nitrogen and oxygen atoms in total. The normalized spacial score (nSPS) is 19.2. The highest BCUT2D eigenvalue weighted by molar-refractivity contribution is 5.84. The van der Waals surface area contributed by atoms with Gasteiger partial charge in [0.2, 0.25) is 5.91 Å². The number of amides is 1. The van der Waals surface area contributed by atoms with E-state index < -0.39 is 0 Å². The van der Waals surface area contributed by atoms with Crippen LogP contribution in [0.1, 0.15) is 24.8 Å². The lowest BCUT2D eigenvalue weighted by Crippen LogP contribution is -2.50. The van der Waals surface area contributed by atoms with E-state index in [2.05, 4.69) is 60.3 Å². The van der Waals surface area contributed by atoms with E-state index in [1.807, 2.05) is 11.0 Å². The zero-order valence-corrected chi connectivity index (χ0v) is 19.0. The Morgan fingerprint density at radius 2 is 1.94 bits per heavy atom. The molecule has 0 bridgehead atoms. The van der Waals surface area contributed by atoms with Gasteiger partial charge in [-0.05, 0) is 44.5 Å². The van der Waals surface area contributed by atoms with Crippen molar-refractivity contribution in [1.82, 2.24) is 14.8 Å². The molecule has 0 radical (unpaired) electrons. The average molecular weight is 423 g/mol. The first kappa shape index (κ1) is 21.8. The third-order valence-corrected chi connectivity index (χ3v) is 6.72. The molecule has 0 saturated carbocycles. The lowest BCUT2D eigenvalue weighted by Gasteiger charge is -2.42. The standard InChI is InChI=1S/C25H34N4O2/c1-27(2)23-21(18-20-8-4-5-9-22(20)26-23)19-28-14-11-25(12-15-28)10-6-7-13-29(24(25)30)16-17-31-3/h4-9,18H,10-17,19H2,1-3H3. The van der Waals surface area contributed by atoms with Crippen LogP contribution in [-0.4, -0.2) is 74.7 Å². The smallest absolute Gasteiger partial charge is 0.229 e. The van der Waals surface area contributed by atoms with Crippen molar-refractivity contribution in [2.24, 2.45) is 5.41 Å². The van der Waals surface area contributed by atoms with Crippen LogP contribution in [0, 0.1) is 5.41 Å². The summed E-state index contributed by atoms with van der Waals surface area (Å²) in [6.45, 7) is 4.67. The van der Waals surface area contributed by atoms with Gasteiger partial charge in [0, 0.05) is 51.8 Å². The summed E-state index contributed by atoms with van der Waals surface area (Å²) in [6.07, 6.45) is 7.00. The van der Waals surface area contributed by atoms with Crippen molar-refractivity contribution in [2.75, 3.05) is 58.9 Å². The van der Waals surface area contributed by atoms with E-state index in [1.165, 1.54) is 10.9 Å². The Hall–Kier alpha value is -2.44. The average Bonchev–Trinajstić information content (AvgIpc) is 2.92. The summed E-state index contributed by atoms with van der Waals surface area (Å²) in [6, 6.07) is 10.6. The first-order chi connectivity index (χ1) is 15.0. The summed E-state index contributed by atoms with van der Waals surface area (Å²) in [4.78, 5) is 24.8. The molecule has 1 spiro atoms. The summed E-state index contributed by atoms with van der Waals surface area (Å²) in [7, 11) is 5.80. The molecule has 6 heteroatoms. The van der Waals surface area contributed by atoms with Crippen LogP contribution in [0.25, 0.3) is 10.9 Å². The minimum atomic E-state index is -0.261. The van der Waals surface area contributed by atoms with Gasteiger partial charge in [-0.25, -0.2) is 4.98 Å². The number of benzene rings is 1. The molecule has 2 aromatic rings. The summed E-state index contributed by atoms with van der Waals surface area (Å²) < 4.78 is 5.22. The van der Waals surface area contributed by atoms with Crippen molar-refractivity contribution in [1.29, 1.82) is 0 Å². The van der Waals surface area contributed by atoms with Crippen LogP contribution in [0.2, 0.25) is 0 Å². The molecule has 0 atom stereocenters. The van der Waals surface area contributed by atoms with Gasteiger partial charge in [-0.2, -0.15) is 0 Å². The second-order valence-corrected chi connectivity index (χ2v) is 9.03. The highest BCUT2D eigenvalue weighted by Gasteiger charge is 2.43. The molecule has 1 aromatic carbocycles. The Balaban J connectivity index is 1.48. The van der Waals surface area contributed by atoms with Crippen LogP contribution in [-0.2, 0) is 16.1 Å². The number of piperidine rings is 1. The zero-order valence-electron chi connectivity index (χ0n) is 19.0. The van der Waals surface area contributed by atoms with Crippen molar-refractivity contribution >= 4 is 22.6 Å². The molecule has 1 amide bonds. The Morgan fingerprint density at radius 1 is 1.16 bits per heavy atom. The van der Waals surface area contributed by atoms with Crippen LogP contribution >= 0.6 is 0 Å². The molecule has 1 fully saturated rings. The molecule has 4 rings (SSSR count). The number of pyridine rings is 1. The van der Waals surface area contributed by atoms with Gasteiger partial charge < -0.3 is 14.5 Å². The Morgan fingerprint density at radius 3 is 2.68 bits per heavy atom. The third-order valence-electron chi connectivity index (χ3n) is 6.72. The quantitative estimate of drug-likeness (QED) is 0.669. The van der Waals surface area contributed by atoms with Gasteiger partial charge in [0.25, 0.3) is 0 Å². The number of aromatic nitrogens is 1. The molecule has 2 aliphatic heterocycles. The SMILES string of the molecule is COCCN1CC=CCC2(CCN(Cc3cc4ccccc4nc3N(C)C)CC2)C1=O. The van der Waals surface area contributed by atoms with E-state index >= 15 is 0 Å². The molecule has 3 heterocycles. The van der Waals surface area contributed by atoms with Crippen LogP contribution in [0.15, 0.2) is 42.5 Å². The summed E-state index contributed by atoms with van der Waals surface area (Å²) >= 11 is 0. The number of hydrogen-bond acceptors (Lipinski definition) is 5. The second-order valence-electron chi connectivity index (χ2n) is 9.03. The van der Waals surface area contributed by atoms with Gasteiger partial charge in [0.15, 0.2) is 0 Å². The lowest BCUT2D eigenvalue weighted by molar-refractivity contribution is -0.144.